The van der Waals surface area contributed by atoms with E-state index in [4.69, 9.17) is 4.42 Å². The molecule has 2 fully saturated rings. The number of nitrogens with zero attached hydrogens (tertiary/aromatic N) is 5. The third-order valence-corrected chi connectivity index (χ3v) is 10.3. The SMILES string of the molecule is Cc1cccc(N(Cc2ccc(-c3nnc(C(F)F)o3)cn2)S(=O)(=O)C2CCN(C3CCC(C)CC3)CC2)c1. The summed E-state index contributed by atoms with van der Waals surface area (Å²) in [5.74, 6) is -0.0339. The van der Waals surface area contributed by atoms with Gasteiger partial charge in [-0.25, -0.2) is 8.42 Å². The van der Waals surface area contributed by atoms with Crippen LogP contribution < -0.4 is 4.31 Å². The predicted octanol–water partition coefficient (Wildman–Crippen LogP) is 5.76. The Kier molecular flexibility index (Phi) is 8.27. The van der Waals surface area contributed by atoms with E-state index < -0.39 is 27.6 Å². The summed E-state index contributed by atoms with van der Waals surface area (Å²) >= 11 is 0. The van der Waals surface area contributed by atoms with Gasteiger partial charge in [0, 0.05) is 12.2 Å². The van der Waals surface area contributed by atoms with E-state index >= 15 is 0 Å². The maximum atomic E-state index is 14.1. The number of hydrogen-bond acceptors (Lipinski definition) is 7. The van der Waals surface area contributed by atoms with Gasteiger partial charge in [0.05, 0.1) is 28.7 Å². The average molecular weight is 560 g/mol. The van der Waals surface area contributed by atoms with E-state index in [0.717, 1.165) is 24.6 Å². The van der Waals surface area contributed by atoms with E-state index in [0.29, 0.717) is 35.8 Å². The number of halogens is 2. The van der Waals surface area contributed by atoms with Crippen LogP contribution in [0.5, 0.6) is 0 Å². The molecular formula is C28H35F2N5O3S. The quantitative estimate of drug-likeness (QED) is 0.347. The molecule has 0 radical (unpaired) electrons. The van der Waals surface area contributed by atoms with Crippen LogP contribution in [0.2, 0.25) is 0 Å². The molecule has 0 N–H and O–H groups in total. The van der Waals surface area contributed by atoms with E-state index in [2.05, 4.69) is 27.0 Å². The fraction of sp³-hybridized carbons (Fsp3) is 0.536. The van der Waals surface area contributed by atoms with Crippen molar-refractivity contribution in [3.63, 3.8) is 0 Å². The summed E-state index contributed by atoms with van der Waals surface area (Å²) in [6.07, 6.45) is 4.67. The Morgan fingerprint density at radius 2 is 1.79 bits per heavy atom. The molecule has 1 aliphatic heterocycles. The van der Waals surface area contributed by atoms with Gasteiger partial charge >= 0.3 is 6.43 Å². The van der Waals surface area contributed by atoms with Crippen LogP contribution >= 0.6 is 0 Å². The third kappa shape index (κ3) is 6.30. The van der Waals surface area contributed by atoms with Crippen LogP contribution in [-0.4, -0.2) is 52.9 Å². The highest BCUT2D eigenvalue weighted by molar-refractivity contribution is 7.93. The van der Waals surface area contributed by atoms with Crippen LogP contribution in [0, 0.1) is 12.8 Å². The summed E-state index contributed by atoms with van der Waals surface area (Å²) < 4.78 is 60.2. The summed E-state index contributed by atoms with van der Waals surface area (Å²) in [6, 6.07) is 11.3. The fourth-order valence-corrected chi connectivity index (χ4v) is 7.55. The van der Waals surface area contributed by atoms with E-state index in [9.17, 15) is 17.2 Å². The van der Waals surface area contributed by atoms with Crippen LogP contribution in [0.25, 0.3) is 11.5 Å². The van der Waals surface area contributed by atoms with Crippen molar-refractivity contribution in [2.75, 3.05) is 17.4 Å². The molecule has 210 valence electrons. The number of piperidine rings is 1. The van der Waals surface area contributed by atoms with Crippen LogP contribution in [0.15, 0.2) is 47.0 Å². The van der Waals surface area contributed by atoms with Crippen LogP contribution in [0.4, 0.5) is 14.5 Å². The van der Waals surface area contributed by atoms with Gasteiger partial charge in [0.25, 0.3) is 5.89 Å². The van der Waals surface area contributed by atoms with Crippen molar-refractivity contribution < 1.29 is 21.6 Å². The minimum atomic E-state index is -3.68. The van der Waals surface area contributed by atoms with Crippen molar-refractivity contribution in [2.45, 2.75) is 76.6 Å². The first kappa shape index (κ1) is 27.6. The van der Waals surface area contributed by atoms with Gasteiger partial charge in [-0.15, -0.1) is 10.2 Å². The Balaban J connectivity index is 1.33. The molecule has 0 spiro atoms. The number of rotatable bonds is 8. The van der Waals surface area contributed by atoms with Crippen molar-refractivity contribution >= 4 is 15.7 Å². The minimum Gasteiger partial charge on any atom is -0.415 e. The van der Waals surface area contributed by atoms with Crippen molar-refractivity contribution in [3.05, 3.63) is 59.7 Å². The van der Waals surface area contributed by atoms with Gasteiger partial charge in [-0.1, -0.05) is 19.1 Å². The van der Waals surface area contributed by atoms with E-state index in [1.807, 2.05) is 31.2 Å². The van der Waals surface area contributed by atoms with E-state index in [-0.39, 0.29) is 12.4 Å². The number of sulfonamides is 1. The van der Waals surface area contributed by atoms with Crippen molar-refractivity contribution in [3.8, 4) is 11.5 Å². The molecule has 1 aliphatic carbocycles. The molecule has 3 aromatic rings. The van der Waals surface area contributed by atoms with Crippen LogP contribution in [-0.2, 0) is 16.6 Å². The highest BCUT2D eigenvalue weighted by atomic mass is 32.2. The zero-order valence-electron chi connectivity index (χ0n) is 22.3. The van der Waals surface area contributed by atoms with E-state index in [1.165, 1.54) is 36.2 Å². The molecule has 39 heavy (non-hydrogen) atoms. The van der Waals surface area contributed by atoms with Gasteiger partial charge in [0.15, 0.2) is 0 Å². The molecule has 0 amide bonds. The second kappa shape index (κ2) is 11.7. The van der Waals surface area contributed by atoms with E-state index in [1.54, 1.807) is 12.1 Å². The Bertz CT molecular complexity index is 1350. The zero-order valence-corrected chi connectivity index (χ0v) is 23.2. The van der Waals surface area contributed by atoms with Crippen LogP contribution in [0.3, 0.4) is 0 Å². The molecule has 0 bridgehead atoms. The van der Waals surface area contributed by atoms with Gasteiger partial charge in [-0.3, -0.25) is 9.29 Å². The number of aryl methyl sites for hydroxylation is 1. The number of alkyl halides is 2. The first-order valence-corrected chi connectivity index (χ1v) is 15.1. The molecule has 8 nitrogen and oxygen atoms in total. The fourth-order valence-electron chi connectivity index (χ4n) is 5.67. The summed E-state index contributed by atoms with van der Waals surface area (Å²) in [5.41, 5.74) is 2.46. The minimum absolute atomic E-state index is 0.0545. The lowest BCUT2D eigenvalue weighted by molar-refractivity contribution is 0.116. The maximum absolute atomic E-state index is 14.1. The monoisotopic (exact) mass is 559 g/mol. The smallest absolute Gasteiger partial charge is 0.314 e. The highest BCUT2D eigenvalue weighted by Crippen LogP contribution is 2.33. The van der Waals surface area contributed by atoms with Crippen molar-refractivity contribution in [2.24, 2.45) is 5.92 Å². The molecule has 3 heterocycles. The number of pyridine rings is 1. The number of anilines is 1. The molecule has 0 atom stereocenters. The highest BCUT2D eigenvalue weighted by Gasteiger charge is 2.37. The van der Waals surface area contributed by atoms with Crippen molar-refractivity contribution in [1.82, 2.24) is 20.1 Å². The topological polar surface area (TPSA) is 92.4 Å². The number of benzene rings is 1. The number of hydrogen-bond donors (Lipinski definition) is 0. The average Bonchev–Trinajstić information content (AvgIpc) is 3.43. The normalized spacial score (nSPS) is 21.4. The first-order chi connectivity index (χ1) is 18.7. The lowest BCUT2D eigenvalue weighted by Crippen LogP contribution is -2.48. The van der Waals surface area contributed by atoms with Crippen LogP contribution in [0.1, 0.15) is 69.0 Å². The molecule has 1 aromatic carbocycles. The summed E-state index contributed by atoms with van der Waals surface area (Å²) in [5, 5.41) is 6.53. The maximum Gasteiger partial charge on any atom is 0.314 e. The number of aromatic nitrogens is 3. The molecule has 2 aromatic heterocycles. The summed E-state index contributed by atoms with van der Waals surface area (Å²) in [4.78, 5) is 6.90. The third-order valence-electron chi connectivity index (χ3n) is 8.00. The largest absolute Gasteiger partial charge is 0.415 e. The molecule has 2 aliphatic rings. The first-order valence-electron chi connectivity index (χ1n) is 13.6. The molecule has 0 unspecified atom stereocenters. The second-order valence-corrected chi connectivity index (χ2v) is 13.0. The molecule has 1 saturated carbocycles. The molecule has 5 rings (SSSR count). The lowest BCUT2D eigenvalue weighted by Gasteiger charge is -2.41. The molecular weight excluding hydrogens is 524 g/mol. The Hall–Kier alpha value is -2.92. The second-order valence-electron chi connectivity index (χ2n) is 10.8. The summed E-state index contributed by atoms with van der Waals surface area (Å²) in [6.45, 7) is 5.89. The standard InChI is InChI=1S/C28H35F2N5O3S/c1-19-6-10-23(11-7-19)34-14-12-25(13-15-34)39(36,37)35(24-5-3-4-20(2)16-24)18-22-9-8-21(17-31-22)27-32-33-28(38-27)26(29)30/h3-5,8-9,16-17,19,23,25-26H,6-7,10-15,18H2,1-2H3. The Morgan fingerprint density at radius 1 is 1.05 bits per heavy atom. The lowest BCUT2D eigenvalue weighted by atomic mass is 9.86. The zero-order chi connectivity index (χ0) is 27.6. The Morgan fingerprint density at radius 3 is 2.41 bits per heavy atom. The number of likely N-dealkylation sites (tertiary alicyclic amines) is 1. The van der Waals surface area contributed by atoms with Gasteiger partial charge in [0.2, 0.25) is 15.9 Å². The van der Waals surface area contributed by atoms with Gasteiger partial charge in [-0.2, -0.15) is 8.78 Å². The predicted molar refractivity (Wildman–Crippen MR) is 145 cm³/mol. The molecule has 11 heteroatoms. The van der Waals surface area contributed by atoms with Crippen molar-refractivity contribution in [1.29, 1.82) is 0 Å². The molecule has 1 saturated heterocycles. The summed E-state index contributed by atoms with van der Waals surface area (Å²) in [7, 11) is -3.68. The van der Waals surface area contributed by atoms with Gasteiger partial charge in [-0.05, 0) is 94.3 Å². The Labute approximate surface area is 228 Å². The van der Waals surface area contributed by atoms with Gasteiger partial charge < -0.3 is 9.32 Å². The van der Waals surface area contributed by atoms with Gasteiger partial charge in [0.1, 0.15) is 0 Å².